The number of rotatable bonds is 4. The number of halogens is 3. The Hall–Kier alpha value is -3.12. The average molecular weight is 499 g/mol. The molecule has 0 unspecified atom stereocenters. The lowest BCUT2D eigenvalue weighted by atomic mass is 9.98. The zero-order chi connectivity index (χ0) is 25.4. The van der Waals surface area contributed by atoms with Crippen molar-refractivity contribution in [3.63, 3.8) is 0 Å². The zero-order valence-electron chi connectivity index (χ0n) is 19.6. The topological polar surface area (TPSA) is 90.6 Å². The number of aromatic hydroxyl groups is 2. The molecule has 2 saturated heterocycles. The molecule has 3 heterocycles. The van der Waals surface area contributed by atoms with Crippen LogP contribution >= 0.6 is 0 Å². The van der Waals surface area contributed by atoms with Gasteiger partial charge in [-0.2, -0.15) is 13.2 Å². The van der Waals surface area contributed by atoms with E-state index in [1.54, 1.807) is 19.9 Å². The Balaban J connectivity index is 1.47. The number of anilines is 1. The summed E-state index contributed by atoms with van der Waals surface area (Å²) in [5, 5.41) is 19.4. The molecule has 0 spiro atoms. The highest BCUT2D eigenvalue weighted by Crippen LogP contribution is 2.36. The molecule has 9 nitrogen and oxygen atoms in total. The number of hydrogen-bond donors (Lipinski definition) is 2. The van der Waals surface area contributed by atoms with Gasteiger partial charge in [0.2, 0.25) is 11.8 Å². The highest BCUT2D eigenvalue weighted by Gasteiger charge is 2.40. The zero-order valence-corrected chi connectivity index (χ0v) is 19.6. The molecular weight excluding hydrogens is 469 g/mol. The molecule has 2 aromatic rings. The standard InChI is InChI=1S/C23H29F3N4O5/c1-22(2)15-27(7-8-29(22)21(33)35-30-19(31)5-6-20(30)32)14-16-3-4-17(13-18(16)23(24,25)26)28-9-11-34-12-10-28/h3-6,13,31-32H,7-12,14-15H2,1-2H3. The summed E-state index contributed by atoms with van der Waals surface area (Å²) in [7, 11) is 0. The van der Waals surface area contributed by atoms with Gasteiger partial charge in [0.15, 0.2) is 0 Å². The Bertz CT molecular complexity index is 1050. The van der Waals surface area contributed by atoms with Gasteiger partial charge < -0.3 is 24.7 Å². The van der Waals surface area contributed by atoms with Crippen molar-refractivity contribution < 1.29 is 37.8 Å². The summed E-state index contributed by atoms with van der Waals surface area (Å²) in [5.41, 5.74) is -0.753. The van der Waals surface area contributed by atoms with Gasteiger partial charge in [0.1, 0.15) is 0 Å². The third kappa shape index (κ3) is 5.43. The largest absolute Gasteiger partial charge is 0.492 e. The van der Waals surface area contributed by atoms with E-state index in [0.717, 1.165) is 0 Å². The number of piperazine rings is 1. The van der Waals surface area contributed by atoms with E-state index in [1.165, 1.54) is 29.2 Å². The van der Waals surface area contributed by atoms with Gasteiger partial charge >= 0.3 is 12.3 Å². The molecule has 0 bridgehead atoms. The maximum absolute atomic E-state index is 13.9. The molecule has 12 heteroatoms. The number of benzene rings is 1. The van der Waals surface area contributed by atoms with Gasteiger partial charge in [-0.3, -0.25) is 9.80 Å². The Labute approximate surface area is 200 Å². The second-order valence-corrected chi connectivity index (χ2v) is 9.31. The van der Waals surface area contributed by atoms with Crippen LogP contribution in [0.2, 0.25) is 0 Å². The summed E-state index contributed by atoms with van der Waals surface area (Å²) in [4.78, 5) is 23.0. The molecule has 1 aromatic heterocycles. The predicted molar refractivity (Wildman–Crippen MR) is 120 cm³/mol. The van der Waals surface area contributed by atoms with Gasteiger partial charge in [0.05, 0.1) is 24.3 Å². The summed E-state index contributed by atoms with van der Waals surface area (Å²) in [6.07, 6.45) is -5.29. The van der Waals surface area contributed by atoms with Crippen LogP contribution in [0, 0.1) is 0 Å². The maximum atomic E-state index is 13.9. The highest BCUT2D eigenvalue weighted by atomic mass is 19.4. The molecule has 4 rings (SSSR count). The van der Waals surface area contributed by atoms with Gasteiger partial charge in [-0.15, -0.1) is 4.73 Å². The number of alkyl halides is 3. The lowest BCUT2D eigenvalue weighted by molar-refractivity contribution is -0.138. The fourth-order valence-electron chi connectivity index (χ4n) is 4.58. The van der Waals surface area contributed by atoms with E-state index in [1.807, 2.05) is 9.80 Å². The van der Waals surface area contributed by atoms with E-state index in [2.05, 4.69) is 0 Å². The van der Waals surface area contributed by atoms with Crippen LogP contribution in [0.5, 0.6) is 11.8 Å². The molecule has 2 fully saturated rings. The summed E-state index contributed by atoms with van der Waals surface area (Å²) >= 11 is 0. The van der Waals surface area contributed by atoms with Crippen LogP contribution in [0.4, 0.5) is 23.7 Å². The van der Waals surface area contributed by atoms with E-state index < -0.39 is 35.1 Å². The lowest BCUT2D eigenvalue weighted by Crippen LogP contribution is -2.61. The molecule has 0 aliphatic carbocycles. The molecule has 0 atom stereocenters. The number of nitrogens with zero attached hydrogens (tertiary/aromatic N) is 4. The van der Waals surface area contributed by atoms with Gasteiger partial charge in [-0.25, -0.2) is 4.79 Å². The summed E-state index contributed by atoms with van der Waals surface area (Å²) in [6.45, 7) is 6.50. The minimum atomic E-state index is -4.50. The monoisotopic (exact) mass is 498 g/mol. The minimum absolute atomic E-state index is 0.0731. The van der Waals surface area contributed by atoms with E-state index in [9.17, 15) is 28.2 Å². The van der Waals surface area contributed by atoms with Crippen LogP contribution in [0.25, 0.3) is 0 Å². The molecule has 192 valence electrons. The van der Waals surface area contributed by atoms with Gasteiger partial charge in [-0.05, 0) is 31.5 Å². The second kappa shape index (κ2) is 9.50. The Morgan fingerprint density at radius 1 is 1.06 bits per heavy atom. The quantitative estimate of drug-likeness (QED) is 0.670. The van der Waals surface area contributed by atoms with Gasteiger partial charge in [-0.1, -0.05) is 6.07 Å². The third-order valence-electron chi connectivity index (χ3n) is 6.34. The third-order valence-corrected chi connectivity index (χ3v) is 6.34. The number of morpholine rings is 1. The van der Waals surface area contributed by atoms with Gasteiger partial charge in [0.25, 0.3) is 0 Å². The van der Waals surface area contributed by atoms with Crippen molar-refractivity contribution in [3.8, 4) is 11.8 Å². The van der Waals surface area contributed by atoms with Crippen molar-refractivity contribution in [2.24, 2.45) is 0 Å². The SMILES string of the molecule is CC1(C)CN(Cc2ccc(N3CCOCC3)cc2C(F)(F)F)CCN1C(=O)On1c(O)ccc1O. The highest BCUT2D eigenvalue weighted by molar-refractivity contribution is 5.69. The van der Waals surface area contributed by atoms with Crippen LogP contribution in [0.3, 0.4) is 0 Å². The second-order valence-electron chi connectivity index (χ2n) is 9.31. The Morgan fingerprint density at radius 3 is 2.31 bits per heavy atom. The number of hydrogen-bond acceptors (Lipinski definition) is 7. The number of ether oxygens (including phenoxy) is 1. The first-order valence-corrected chi connectivity index (χ1v) is 11.3. The van der Waals surface area contributed by atoms with E-state index in [0.29, 0.717) is 49.8 Å². The smallest absolute Gasteiger partial charge is 0.435 e. The molecule has 2 aliphatic heterocycles. The number of aromatic nitrogens is 1. The maximum Gasteiger partial charge on any atom is 0.435 e. The molecular formula is C23H29F3N4O5. The number of carbonyl (C=O) groups is 1. The van der Waals surface area contributed by atoms with Crippen LogP contribution in [0.15, 0.2) is 30.3 Å². The summed E-state index contributed by atoms with van der Waals surface area (Å²) < 4.78 is 47.7. The van der Waals surface area contributed by atoms with E-state index in [4.69, 9.17) is 9.57 Å². The number of amides is 1. The van der Waals surface area contributed by atoms with Gasteiger partial charge in [0, 0.05) is 57.1 Å². The molecule has 0 radical (unpaired) electrons. The molecule has 1 amide bonds. The minimum Gasteiger partial charge on any atom is -0.492 e. The predicted octanol–water partition coefficient (Wildman–Crippen LogP) is 2.90. The van der Waals surface area contributed by atoms with Crippen molar-refractivity contribution in [2.45, 2.75) is 32.1 Å². The fraction of sp³-hybridized carbons (Fsp3) is 0.522. The average Bonchev–Trinajstić information content (AvgIpc) is 3.10. The molecule has 2 N–H and O–H groups in total. The van der Waals surface area contributed by atoms with Crippen molar-refractivity contribution in [2.75, 3.05) is 50.8 Å². The normalized spacial score (nSPS) is 19.1. The van der Waals surface area contributed by atoms with E-state index >= 15 is 0 Å². The lowest BCUT2D eigenvalue weighted by Gasteiger charge is -2.46. The van der Waals surface area contributed by atoms with Crippen molar-refractivity contribution in [1.82, 2.24) is 14.5 Å². The fourth-order valence-corrected chi connectivity index (χ4v) is 4.58. The molecule has 0 saturated carbocycles. The van der Waals surface area contributed by atoms with Crippen LogP contribution in [0.1, 0.15) is 25.0 Å². The van der Waals surface area contributed by atoms with Crippen molar-refractivity contribution in [3.05, 3.63) is 41.5 Å². The van der Waals surface area contributed by atoms with Crippen molar-refractivity contribution in [1.29, 1.82) is 0 Å². The number of carbonyl (C=O) groups excluding carboxylic acids is 1. The first kappa shape index (κ1) is 25.0. The summed E-state index contributed by atoms with van der Waals surface area (Å²) in [6, 6.07) is 6.79. The van der Waals surface area contributed by atoms with Crippen LogP contribution in [-0.2, 0) is 17.5 Å². The van der Waals surface area contributed by atoms with Crippen molar-refractivity contribution >= 4 is 11.8 Å². The van der Waals surface area contributed by atoms with Crippen LogP contribution in [-0.4, -0.2) is 82.3 Å². The van der Waals surface area contributed by atoms with E-state index in [-0.39, 0.29) is 18.7 Å². The molecule has 35 heavy (non-hydrogen) atoms. The Morgan fingerprint density at radius 2 is 1.71 bits per heavy atom. The first-order chi connectivity index (χ1) is 16.5. The molecule has 1 aromatic carbocycles. The first-order valence-electron chi connectivity index (χ1n) is 11.3. The van der Waals surface area contributed by atoms with Crippen LogP contribution < -0.4 is 9.74 Å². The summed E-state index contributed by atoms with van der Waals surface area (Å²) in [5.74, 6) is -0.875. The Kier molecular flexibility index (Phi) is 6.78. The molecule has 2 aliphatic rings.